The van der Waals surface area contributed by atoms with Crippen molar-refractivity contribution in [1.29, 1.82) is 0 Å². The SMILES string of the molecule is COC(=O)C1CCN(c2ccnc(C=O)c2)C1. The Morgan fingerprint density at radius 1 is 1.65 bits per heavy atom. The van der Waals surface area contributed by atoms with E-state index in [1.54, 1.807) is 12.3 Å². The summed E-state index contributed by atoms with van der Waals surface area (Å²) in [6, 6.07) is 3.57. The summed E-state index contributed by atoms with van der Waals surface area (Å²) in [6.45, 7) is 1.43. The van der Waals surface area contributed by atoms with Crippen LogP contribution in [0.3, 0.4) is 0 Å². The van der Waals surface area contributed by atoms with E-state index in [2.05, 4.69) is 9.88 Å². The number of hydrogen-bond donors (Lipinski definition) is 0. The number of esters is 1. The van der Waals surface area contributed by atoms with Gasteiger partial charge in [-0.05, 0) is 18.6 Å². The Bertz CT molecular complexity index is 434. The molecule has 0 aliphatic carbocycles. The molecule has 2 heterocycles. The zero-order valence-electron chi connectivity index (χ0n) is 9.63. The Kier molecular flexibility index (Phi) is 3.37. The van der Waals surface area contributed by atoms with Crippen molar-refractivity contribution in [2.75, 3.05) is 25.1 Å². The third-order valence-electron chi connectivity index (χ3n) is 2.97. The fourth-order valence-corrected chi connectivity index (χ4v) is 2.05. The first-order valence-corrected chi connectivity index (χ1v) is 5.48. The van der Waals surface area contributed by atoms with Crippen LogP contribution in [-0.4, -0.2) is 37.4 Å². The van der Waals surface area contributed by atoms with Crippen LogP contribution in [0.25, 0.3) is 0 Å². The molecular formula is C12H14N2O3. The minimum atomic E-state index is -0.169. The molecule has 0 amide bonds. The van der Waals surface area contributed by atoms with Gasteiger partial charge in [0.15, 0.2) is 6.29 Å². The molecular weight excluding hydrogens is 220 g/mol. The van der Waals surface area contributed by atoms with Crippen molar-refractivity contribution in [3.8, 4) is 0 Å². The standard InChI is InChI=1S/C12H14N2O3/c1-17-12(16)9-3-5-14(7-9)11-2-4-13-10(6-11)8-15/h2,4,6,8-9H,3,5,7H2,1H3. The van der Waals surface area contributed by atoms with Crippen LogP contribution >= 0.6 is 0 Å². The highest BCUT2D eigenvalue weighted by molar-refractivity contribution is 5.76. The molecule has 0 spiro atoms. The van der Waals surface area contributed by atoms with Crippen molar-refractivity contribution in [3.63, 3.8) is 0 Å². The van der Waals surface area contributed by atoms with E-state index in [4.69, 9.17) is 4.74 Å². The Morgan fingerprint density at radius 2 is 2.47 bits per heavy atom. The maximum Gasteiger partial charge on any atom is 0.310 e. The van der Waals surface area contributed by atoms with Gasteiger partial charge in [-0.2, -0.15) is 0 Å². The number of anilines is 1. The predicted octanol–water partition coefficient (Wildman–Crippen LogP) is 0.893. The maximum absolute atomic E-state index is 11.4. The van der Waals surface area contributed by atoms with Crippen LogP contribution in [0.2, 0.25) is 0 Å². The van der Waals surface area contributed by atoms with Crippen molar-refractivity contribution in [2.45, 2.75) is 6.42 Å². The number of methoxy groups -OCH3 is 1. The normalized spacial score (nSPS) is 19.1. The second-order valence-electron chi connectivity index (χ2n) is 4.01. The minimum absolute atomic E-state index is 0.0761. The fourth-order valence-electron chi connectivity index (χ4n) is 2.05. The zero-order chi connectivity index (χ0) is 12.3. The zero-order valence-corrected chi connectivity index (χ0v) is 9.63. The van der Waals surface area contributed by atoms with Gasteiger partial charge < -0.3 is 9.64 Å². The Hall–Kier alpha value is -1.91. The number of ether oxygens (including phenoxy) is 1. The van der Waals surface area contributed by atoms with E-state index in [0.717, 1.165) is 24.9 Å². The molecule has 5 heteroatoms. The molecule has 1 aromatic heterocycles. The number of aromatic nitrogens is 1. The number of rotatable bonds is 3. The summed E-state index contributed by atoms with van der Waals surface area (Å²) in [5.41, 5.74) is 1.33. The number of pyridine rings is 1. The van der Waals surface area contributed by atoms with E-state index < -0.39 is 0 Å². The first kappa shape index (κ1) is 11.6. The molecule has 0 saturated carbocycles. The summed E-state index contributed by atoms with van der Waals surface area (Å²) in [6.07, 6.45) is 3.10. The van der Waals surface area contributed by atoms with Crippen molar-refractivity contribution in [2.24, 2.45) is 5.92 Å². The van der Waals surface area contributed by atoms with Crippen LogP contribution in [0, 0.1) is 5.92 Å². The number of carbonyl (C=O) groups is 2. The predicted molar refractivity (Wildman–Crippen MR) is 62.0 cm³/mol. The quantitative estimate of drug-likeness (QED) is 0.574. The van der Waals surface area contributed by atoms with E-state index in [9.17, 15) is 9.59 Å². The second kappa shape index (κ2) is 4.95. The van der Waals surface area contributed by atoms with E-state index in [1.807, 2.05) is 6.07 Å². The molecule has 1 aliphatic rings. The van der Waals surface area contributed by atoms with Gasteiger partial charge in [0.2, 0.25) is 0 Å². The van der Waals surface area contributed by atoms with Gasteiger partial charge in [0.1, 0.15) is 5.69 Å². The Labute approximate surface area is 99.4 Å². The van der Waals surface area contributed by atoms with Gasteiger partial charge in [-0.1, -0.05) is 0 Å². The number of nitrogens with zero attached hydrogens (tertiary/aromatic N) is 2. The number of aldehydes is 1. The van der Waals surface area contributed by atoms with Crippen LogP contribution in [-0.2, 0) is 9.53 Å². The highest BCUT2D eigenvalue weighted by Crippen LogP contribution is 2.24. The van der Waals surface area contributed by atoms with Crippen LogP contribution in [0.1, 0.15) is 16.9 Å². The highest BCUT2D eigenvalue weighted by atomic mass is 16.5. The molecule has 0 aromatic carbocycles. The molecule has 1 aromatic rings. The van der Waals surface area contributed by atoms with Gasteiger partial charge in [0.05, 0.1) is 13.0 Å². The molecule has 17 heavy (non-hydrogen) atoms. The fraction of sp³-hybridized carbons (Fsp3) is 0.417. The highest BCUT2D eigenvalue weighted by Gasteiger charge is 2.29. The molecule has 0 N–H and O–H groups in total. The van der Waals surface area contributed by atoms with E-state index in [-0.39, 0.29) is 11.9 Å². The summed E-state index contributed by atoms with van der Waals surface area (Å²) in [5, 5.41) is 0. The molecule has 1 aliphatic heterocycles. The molecule has 0 bridgehead atoms. The molecule has 1 unspecified atom stereocenters. The first-order valence-electron chi connectivity index (χ1n) is 5.48. The molecule has 1 atom stereocenters. The summed E-state index contributed by atoms with van der Waals surface area (Å²) in [4.78, 5) is 28.0. The van der Waals surface area contributed by atoms with Gasteiger partial charge in [0, 0.05) is 25.0 Å². The molecule has 1 fully saturated rings. The maximum atomic E-state index is 11.4. The van der Waals surface area contributed by atoms with Gasteiger partial charge in [-0.25, -0.2) is 0 Å². The average Bonchev–Trinajstić information content (AvgIpc) is 2.87. The van der Waals surface area contributed by atoms with Gasteiger partial charge >= 0.3 is 5.97 Å². The van der Waals surface area contributed by atoms with Crippen LogP contribution in [0.15, 0.2) is 18.3 Å². The van der Waals surface area contributed by atoms with Crippen molar-refractivity contribution in [3.05, 3.63) is 24.0 Å². The molecule has 90 valence electrons. The van der Waals surface area contributed by atoms with Gasteiger partial charge in [0.25, 0.3) is 0 Å². The first-order chi connectivity index (χ1) is 8.24. The van der Waals surface area contributed by atoms with Gasteiger partial charge in [-0.3, -0.25) is 14.6 Å². The topological polar surface area (TPSA) is 59.5 Å². The van der Waals surface area contributed by atoms with E-state index in [0.29, 0.717) is 12.2 Å². The van der Waals surface area contributed by atoms with Crippen LogP contribution in [0.5, 0.6) is 0 Å². The third-order valence-corrected chi connectivity index (χ3v) is 2.97. The van der Waals surface area contributed by atoms with Gasteiger partial charge in [-0.15, -0.1) is 0 Å². The lowest BCUT2D eigenvalue weighted by atomic mass is 10.1. The largest absolute Gasteiger partial charge is 0.469 e. The summed E-state index contributed by atoms with van der Waals surface area (Å²) < 4.78 is 4.73. The van der Waals surface area contributed by atoms with Crippen molar-refractivity contribution in [1.82, 2.24) is 4.98 Å². The summed E-state index contributed by atoms with van der Waals surface area (Å²) in [7, 11) is 1.40. The molecule has 0 radical (unpaired) electrons. The minimum Gasteiger partial charge on any atom is -0.469 e. The smallest absolute Gasteiger partial charge is 0.310 e. The van der Waals surface area contributed by atoms with E-state index in [1.165, 1.54) is 7.11 Å². The lowest BCUT2D eigenvalue weighted by molar-refractivity contribution is -0.144. The molecule has 5 nitrogen and oxygen atoms in total. The van der Waals surface area contributed by atoms with Crippen molar-refractivity contribution >= 4 is 17.9 Å². The van der Waals surface area contributed by atoms with Crippen LogP contribution in [0.4, 0.5) is 5.69 Å². The summed E-state index contributed by atoms with van der Waals surface area (Å²) >= 11 is 0. The average molecular weight is 234 g/mol. The lowest BCUT2D eigenvalue weighted by Crippen LogP contribution is -2.23. The third kappa shape index (κ3) is 2.43. The van der Waals surface area contributed by atoms with E-state index >= 15 is 0 Å². The lowest BCUT2D eigenvalue weighted by Gasteiger charge is -2.18. The molecule has 1 saturated heterocycles. The molecule has 2 rings (SSSR count). The second-order valence-corrected chi connectivity index (χ2v) is 4.01. The number of carbonyl (C=O) groups excluding carboxylic acids is 2. The summed E-state index contributed by atoms with van der Waals surface area (Å²) in [5.74, 6) is -0.245. The monoisotopic (exact) mass is 234 g/mol. The Balaban J connectivity index is 2.09. The number of hydrogen-bond acceptors (Lipinski definition) is 5. The van der Waals surface area contributed by atoms with Crippen molar-refractivity contribution < 1.29 is 14.3 Å². The Morgan fingerprint density at radius 3 is 3.18 bits per heavy atom. The van der Waals surface area contributed by atoms with Crippen LogP contribution < -0.4 is 4.90 Å².